The Labute approximate surface area is 188 Å². The number of hydrogen-bond acceptors (Lipinski definition) is 6. The minimum atomic E-state index is 0.488. The Hall–Kier alpha value is -3.68. The van der Waals surface area contributed by atoms with E-state index in [0.717, 1.165) is 47.2 Å². The smallest absolute Gasteiger partial charge is 0.196 e. The molecular weight excluding hydrogens is 406 g/mol. The van der Waals surface area contributed by atoms with Gasteiger partial charge in [0.15, 0.2) is 17.5 Å². The second-order valence-electron chi connectivity index (χ2n) is 7.64. The van der Waals surface area contributed by atoms with Gasteiger partial charge in [0.2, 0.25) is 0 Å². The van der Waals surface area contributed by atoms with Crippen LogP contribution in [0.25, 0.3) is 0 Å². The van der Waals surface area contributed by atoms with Gasteiger partial charge >= 0.3 is 0 Å². The van der Waals surface area contributed by atoms with Crippen LogP contribution < -0.4 is 25.0 Å². The molecule has 8 nitrogen and oxygen atoms in total. The number of hydrogen-bond donors (Lipinski definition) is 2. The number of pyridine rings is 1. The van der Waals surface area contributed by atoms with E-state index in [1.165, 1.54) is 0 Å². The average Bonchev–Trinajstić information content (AvgIpc) is 3.21. The maximum absolute atomic E-state index is 5.82. The molecule has 0 atom stereocenters. The molecule has 32 heavy (non-hydrogen) atoms. The SMILES string of the molecule is CN(C)c1ncccc1CN=C(NCCc1ccco1)Nc1ccc2c(c1)OCCCO2. The van der Waals surface area contributed by atoms with E-state index in [2.05, 4.69) is 15.6 Å². The van der Waals surface area contributed by atoms with Crippen molar-refractivity contribution in [3.63, 3.8) is 0 Å². The molecular formula is C24H29N5O3. The van der Waals surface area contributed by atoms with Crippen molar-refractivity contribution in [1.82, 2.24) is 10.3 Å². The summed E-state index contributed by atoms with van der Waals surface area (Å²) in [5, 5.41) is 6.78. The van der Waals surface area contributed by atoms with Gasteiger partial charge in [-0.15, -0.1) is 0 Å². The molecule has 0 bridgehead atoms. The van der Waals surface area contributed by atoms with E-state index in [-0.39, 0.29) is 0 Å². The summed E-state index contributed by atoms with van der Waals surface area (Å²) in [5.74, 6) is 4.00. The number of nitrogens with zero attached hydrogens (tertiary/aromatic N) is 3. The lowest BCUT2D eigenvalue weighted by Gasteiger charge is -2.16. The van der Waals surface area contributed by atoms with Crippen LogP contribution in [-0.2, 0) is 13.0 Å². The van der Waals surface area contributed by atoms with Crippen LogP contribution in [-0.4, -0.2) is 44.8 Å². The monoisotopic (exact) mass is 435 g/mol. The van der Waals surface area contributed by atoms with Gasteiger partial charge in [-0.2, -0.15) is 0 Å². The molecule has 2 N–H and O–H groups in total. The van der Waals surface area contributed by atoms with E-state index < -0.39 is 0 Å². The number of anilines is 2. The van der Waals surface area contributed by atoms with Crippen molar-refractivity contribution < 1.29 is 13.9 Å². The number of furan rings is 1. The molecule has 0 saturated heterocycles. The van der Waals surface area contributed by atoms with Crippen molar-refractivity contribution in [2.45, 2.75) is 19.4 Å². The van der Waals surface area contributed by atoms with Crippen molar-refractivity contribution >= 4 is 17.5 Å². The number of fused-ring (bicyclic) bond motifs is 1. The number of aliphatic imine (C=N–C) groups is 1. The van der Waals surface area contributed by atoms with Crippen molar-refractivity contribution in [3.05, 3.63) is 66.2 Å². The molecule has 0 radical (unpaired) electrons. The molecule has 0 saturated carbocycles. The average molecular weight is 436 g/mol. The third-order valence-corrected chi connectivity index (χ3v) is 4.95. The highest BCUT2D eigenvalue weighted by molar-refractivity contribution is 5.94. The first-order valence-electron chi connectivity index (χ1n) is 10.8. The first kappa shape index (κ1) is 21.5. The Kier molecular flexibility index (Phi) is 7.12. The molecule has 1 aromatic carbocycles. The summed E-state index contributed by atoms with van der Waals surface area (Å²) in [6, 6.07) is 13.7. The number of benzene rings is 1. The zero-order chi connectivity index (χ0) is 22.2. The second-order valence-corrected chi connectivity index (χ2v) is 7.64. The van der Waals surface area contributed by atoms with Crippen LogP contribution in [0.15, 0.2) is 64.3 Å². The summed E-state index contributed by atoms with van der Waals surface area (Å²) < 4.78 is 17.0. The van der Waals surface area contributed by atoms with Gasteiger partial charge in [0.05, 0.1) is 26.0 Å². The van der Waals surface area contributed by atoms with Crippen LogP contribution in [0.2, 0.25) is 0 Å². The minimum absolute atomic E-state index is 0.488. The molecule has 0 aliphatic carbocycles. The van der Waals surface area contributed by atoms with Crippen molar-refractivity contribution in [3.8, 4) is 11.5 Å². The van der Waals surface area contributed by atoms with Crippen LogP contribution in [0, 0.1) is 0 Å². The molecule has 0 amide bonds. The van der Waals surface area contributed by atoms with E-state index in [0.29, 0.717) is 32.3 Å². The normalized spacial score (nSPS) is 13.4. The summed E-state index contributed by atoms with van der Waals surface area (Å²) in [6.07, 6.45) is 5.11. The Morgan fingerprint density at radius 2 is 1.97 bits per heavy atom. The lowest BCUT2D eigenvalue weighted by atomic mass is 10.2. The molecule has 8 heteroatoms. The van der Waals surface area contributed by atoms with Gasteiger partial charge in [-0.25, -0.2) is 9.98 Å². The predicted octanol–water partition coefficient (Wildman–Crippen LogP) is 3.70. The minimum Gasteiger partial charge on any atom is -0.490 e. The highest BCUT2D eigenvalue weighted by atomic mass is 16.5. The number of nitrogens with one attached hydrogen (secondary N) is 2. The number of guanidine groups is 1. The third kappa shape index (κ3) is 5.72. The van der Waals surface area contributed by atoms with Gasteiger partial charge in [-0.1, -0.05) is 6.07 Å². The van der Waals surface area contributed by atoms with Crippen LogP contribution in [0.4, 0.5) is 11.5 Å². The molecule has 4 rings (SSSR count). The fourth-order valence-corrected chi connectivity index (χ4v) is 3.40. The van der Waals surface area contributed by atoms with Crippen molar-refractivity contribution in [2.24, 2.45) is 4.99 Å². The Morgan fingerprint density at radius 3 is 2.78 bits per heavy atom. The summed E-state index contributed by atoms with van der Waals surface area (Å²) in [4.78, 5) is 11.3. The molecule has 0 unspecified atom stereocenters. The molecule has 0 spiro atoms. The number of aromatic nitrogens is 1. The van der Waals surface area contributed by atoms with Crippen LogP contribution >= 0.6 is 0 Å². The topological polar surface area (TPSA) is 84.2 Å². The zero-order valence-electron chi connectivity index (χ0n) is 18.5. The van der Waals surface area contributed by atoms with E-state index in [4.69, 9.17) is 18.9 Å². The first-order valence-corrected chi connectivity index (χ1v) is 10.8. The maximum Gasteiger partial charge on any atom is 0.196 e. The quantitative estimate of drug-likeness (QED) is 0.432. The highest BCUT2D eigenvalue weighted by Crippen LogP contribution is 2.32. The third-order valence-electron chi connectivity index (χ3n) is 4.95. The molecule has 1 aliphatic rings. The summed E-state index contributed by atoms with van der Waals surface area (Å²) in [7, 11) is 3.96. The van der Waals surface area contributed by atoms with Crippen molar-refractivity contribution in [2.75, 3.05) is 44.1 Å². The summed E-state index contributed by atoms with van der Waals surface area (Å²) in [6.45, 7) is 2.48. The summed E-state index contributed by atoms with van der Waals surface area (Å²) >= 11 is 0. The van der Waals surface area contributed by atoms with E-state index in [1.807, 2.05) is 61.5 Å². The van der Waals surface area contributed by atoms with Crippen LogP contribution in [0.1, 0.15) is 17.7 Å². The number of rotatable bonds is 7. The Morgan fingerprint density at radius 1 is 1.09 bits per heavy atom. The number of ether oxygens (including phenoxy) is 2. The van der Waals surface area contributed by atoms with Gasteiger partial charge in [-0.05, 0) is 30.3 Å². The standard InChI is InChI=1S/C24H29N5O3/c1-29(2)23-18(6-3-11-25-23)17-27-24(26-12-10-20-7-4-13-30-20)28-19-8-9-21-22(16-19)32-15-5-14-31-21/h3-4,6-9,11,13,16H,5,10,12,14-15,17H2,1-2H3,(H2,26,27,28). The largest absolute Gasteiger partial charge is 0.490 e. The van der Waals surface area contributed by atoms with Gasteiger partial charge in [0.25, 0.3) is 0 Å². The van der Waals surface area contributed by atoms with Crippen LogP contribution in [0.5, 0.6) is 11.5 Å². The molecule has 168 valence electrons. The van der Waals surface area contributed by atoms with E-state index in [1.54, 1.807) is 12.5 Å². The molecule has 2 aromatic heterocycles. The van der Waals surface area contributed by atoms with Gasteiger partial charge < -0.3 is 29.4 Å². The second kappa shape index (κ2) is 10.6. The highest BCUT2D eigenvalue weighted by Gasteiger charge is 2.12. The maximum atomic E-state index is 5.82. The van der Waals surface area contributed by atoms with Crippen LogP contribution in [0.3, 0.4) is 0 Å². The molecule has 1 aliphatic heterocycles. The Balaban J connectivity index is 1.50. The van der Waals surface area contributed by atoms with Gasteiger partial charge in [0.1, 0.15) is 11.6 Å². The van der Waals surface area contributed by atoms with Gasteiger partial charge in [0, 0.05) is 57.0 Å². The predicted molar refractivity (Wildman–Crippen MR) is 126 cm³/mol. The summed E-state index contributed by atoms with van der Waals surface area (Å²) in [5.41, 5.74) is 1.92. The van der Waals surface area contributed by atoms with Gasteiger partial charge in [-0.3, -0.25) is 0 Å². The molecule has 0 fully saturated rings. The fraction of sp³-hybridized carbons (Fsp3) is 0.333. The van der Waals surface area contributed by atoms with Crippen molar-refractivity contribution in [1.29, 1.82) is 0 Å². The molecule has 3 aromatic rings. The Bertz CT molecular complexity index is 1030. The fourth-order valence-electron chi connectivity index (χ4n) is 3.40. The first-order chi connectivity index (χ1) is 15.7. The lowest BCUT2D eigenvalue weighted by molar-refractivity contribution is 0.297. The zero-order valence-corrected chi connectivity index (χ0v) is 18.5. The van der Waals surface area contributed by atoms with E-state index in [9.17, 15) is 0 Å². The molecule has 3 heterocycles. The van der Waals surface area contributed by atoms with E-state index >= 15 is 0 Å². The lowest BCUT2D eigenvalue weighted by Crippen LogP contribution is -2.32.